The van der Waals surface area contributed by atoms with Gasteiger partial charge in [0, 0.05) is 18.0 Å². The zero-order valence-corrected chi connectivity index (χ0v) is 16.9. The van der Waals surface area contributed by atoms with E-state index in [1.165, 1.54) is 6.42 Å². The Balaban J connectivity index is 1.50. The number of benzene rings is 1. The van der Waals surface area contributed by atoms with E-state index in [-0.39, 0.29) is 11.3 Å². The van der Waals surface area contributed by atoms with E-state index in [0.29, 0.717) is 17.2 Å². The van der Waals surface area contributed by atoms with Gasteiger partial charge < -0.3 is 4.90 Å². The molecule has 26 heavy (non-hydrogen) atoms. The van der Waals surface area contributed by atoms with Crippen molar-refractivity contribution in [3.05, 3.63) is 30.1 Å². The van der Waals surface area contributed by atoms with E-state index in [1.54, 1.807) is 11.8 Å². The van der Waals surface area contributed by atoms with Crippen LogP contribution in [0.25, 0.3) is 10.9 Å². The van der Waals surface area contributed by atoms with Crippen molar-refractivity contribution in [3.8, 4) is 0 Å². The van der Waals surface area contributed by atoms with Crippen molar-refractivity contribution in [1.29, 1.82) is 0 Å². The van der Waals surface area contributed by atoms with Gasteiger partial charge >= 0.3 is 0 Å². The maximum absolute atomic E-state index is 13.0. The standard InChI is InChI=1S/C21H27N3OS/c1-14-22-17-8-6-5-7-16(17)19(23-14)26-11-18(25)24-13-21(4)10-15(24)9-20(2,3)12-21/h5-8,15H,9-13H2,1-4H3. The molecule has 1 aromatic carbocycles. The quantitative estimate of drug-likeness (QED) is 0.592. The lowest BCUT2D eigenvalue weighted by Crippen LogP contribution is -2.38. The second kappa shape index (κ2) is 6.22. The summed E-state index contributed by atoms with van der Waals surface area (Å²) in [7, 11) is 0. The van der Waals surface area contributed by atoms with Crippen molar-refractivity contribution in [2.24, 2.45) is 10.8 Å². The van der Waals surface area contributed by atoms with Crippen molar-refractivity contribution in [1.82, 2.24) is 14.9 Å². The van der Waals surface area contributed by atoms with Gasteiger partial charge in [0.1, 0.15) is 10.9 Å². The number of hydrogen-bond donors (Lipinski definition) is 0. The van der Waals surface area contributed by atoms with Gasteiger partial charge in [-0.25, -0.2) is 9.97 Å². The van der Waals surface area contributed by atoms with Gasteiger partial charge in [-0.2, -0.15) is 0 Å². The normalized spacial score (nSPS) is 27.1. The molecule has 4 nitrogen and oxygen atoms in total. The second-order valence-electron chi connectivity index (χ2n) is 9.12. The van der Waals surface area contributed by atoms with Crippen LogP contribution >= 0.6 is 11.8 Å². The maximum Gasteiger partial charge on any atom is 0.233 e. The van der Waals surface area contributed by atoms with Crippen molar-refractivity contribution >= 4 is 28.6 Å². The Morgan fingerprint density at radius 1 is 1.23 bits per heavy atom. The predicted octanol–water partition coefficient (Wildman–Crippen LogP) is 4.46. The lowest BCUT2D eigenvalue weighted by atomic mass is 9.65. The summed E-state index contributed by atoms with van der Waals surface area (Å²) in [5.41, 5.74) is 1.56. The number of carbonyl (C=O) groups excluding carboxylic acids is 1. The van der Waals surface area contributed by atoms with Crippen LogP contribution in [0.4, 0.5) is 0 Å². The highest BCUT2D eigenvalue weighted by Gasteiger charge is 2.50. The molecule has 0 N–H and O–H groups in total. The highest BCUT2D eigenvalue weighted by molar-refractivity contribution is 8.00. The van der Waals surface area contributed by atoms with E-state index in [4.69, 9.17) is 0 Å². The van der Waals surface area contributed by atoms with Gasteiger partial charge in [0.05, 0.1) is 11.3 Å². The van der Waals surface area contributed by atoms with Crippen LogP contribution in [0.15, 0.2) is 29.3 Å². The molecule has 2 aliphatic rings. The van der Waals surface area contributed by atoms with Crippen LogP contribution in [-0.2, 0) is 4.79 Å². The maximum atomic E-state index is 13.0. The molecule has 4 rings (SSSR count). The van der Waals surface area contributed by atoms with Gasteiger partial charge in [0.25, 0.3) is 0 Å². The number of rotatable bonds is 3. The smallest absolute Gasteiger partial charge is 0.233 e. The molecule has 2 unspecified atom stereocenters. The monoisotopic (exact) mass is 369 g/mol. The fraction of sp³-hybridized carbons (Fsp3) is 0.571. The van der Waals surface area contributed by atoms with Crippen LogP contribution in [0.2, 0.25) is 0 Å². The average Bonchev–Trinajstić information content (AvgIpc) is 2.81. The summed E-state index contributed by atoms with van der Waals surface area (Å²) in [6.45, 7) is 9.85. The number of thioether (sulfide) groups is 1. The second-order valence-corrected chi connectivity index (χ2v) is 10.1. The molecule has 1 aliphatic heterocycles. The molecular weight excluding hydrogens is 342 g/mol. The molecule has 5 heteroatoms. The lowest BCUT2D eigenvalue weighted by molar-refractivity contribution is -0.129. The fourth-order valence-corrected chi connectivity index (χ4v) is 6.18. The molecule has 2 aromatic rings. The first-order valence-corrected chi connectivity index (χ1v) is 10.4. The van der Waals surface area contributed by atoms with Crippen LogP contribution < -0.4 is 0 Å². The number of nitrogens with zero attached hydrogens (tertiary/aromatic N) is 3. The summed E-state index contributed by atoms with van der Waals surface area (Å²) in [5.74, 6) is 1.46. The number of carbonyl (C=O) groups is 1. The van der Waals surface area contributed by atoms with E-state index in [9.17, 15) is 4.79 Å². The molecule has 2 fully saturated rings. The Bertz CT molecular complexity index is 865. The van der Waals surface area contributed by atoms with Crippen molar-refractivity contribution < 1.29 is 4.79 Å². The third kappa shape index (κ3) is 3.34. The summed E-state index contributed by atoms with van der Waals surface area (Å²) in [5, 5.41) is 1.94. The third-order valence-corrected chi connectivity index (χ3v) is 6.72. The Morgan fingerprint density at radius 2 is 2.00 bits per heavy atom. The van der Waals surface area contributed by atoms with Crippen LogP contribution in [0.3, 0.4) is 0 Å². The predicted molar refractivity (Wildman–Crippen MR) is 106 cm³/mol. The van der Waals surface area contributed by atoms with Gasteiger partial charge in [0.15, 0.2) is 0 Å². The van der Waals surface area contributed by atoms with Crippen LogP contribution in [0.5, 0.6) is 0 Å². The van der Waals surface area contributed by atoms with Crippen molar-refractivity contribution in [2.45, 2.75) is 58.0 Å². The largest absolute Gasteiger partial charge is 0.338 e. The lowest BCUT2D eigenvalue weighted by Gasteiger charge is -2.39. The minimum Gasteiger partial charge on any atom is -0.338 e. The van der Waals surface area contributed by atoms with Gasteiger partial charge in [0.2, 0.25) is 5.91 Å². The van der Waals surface area contributed by atoms with E-state index < -0.39 is 0 Å². The zero-order valence-electron chi connectivity index (χ0n) is 16.1. The van der Waals surface area contributed by atoms with Gasteiger partial charge in [-0.1, -0.05) is 50.7 Å². The SMILES string of the molecule is Cc1nc(SCC(=O)N2CC3(C)CC2CC(C)(C)C3)c2ccccc2n1. The molecule has 1 aromatic heterocycles. The molecule has 0 radical (unpaired) electrons. The first kappa shape index (κ1) is 17.8. The molecule has 2 bridgehead atoms. The van der Waals surface area contributed by atoms with E-state index in [1.807, 2.05) is 31.2 Å². The number of fused-ring (bicyclic) bond motifs is 3. The molecule has 1 saturated carbocycles. The van der Waals surface area contributed by atoms with Crippen LogP contribution in [0.1, 0.15) is 45.9 Å². The summed E-state index contributed by atoms with van der Waals surface area (Å²) in [6.07, 6.45) is 3.49. The third-order valence-electron chi connectivity index (χ3n) is 5.75. The Labute approximate surface area is 159 Å². The fourth-order valence-electron chi connectivity index (χ4n) is 5.23. The molecule has 2 atom stereocenters. The zero-order chi connectivity index (χ0) is 18.5. The average molecular weight is 370 g/mol. The summed E-state index contributed by atoms with van der Waals surface area (Å²) < 4.78 is 0. The summed E-state index contributed by atoms with van der Waals surface area (Å²) in [4.78, 5) is 24.2. The van der Waals surface area contributed by atoms with E-state index >= 15 is 0 Å². The molecule has 2 heterocycles. The number of para-hydroxylation sites is 1. The van der Waals surface area contributed by atoms with E-state index in [0.717, 1.165) is 41.1 Å². The van der Waals surface area contributed by atoms with Gasteiger partial charge in [-0.3, -0.25) is 4.79 Å². The van der Waals surface area contributed by atoms with Crippen LogP contribution in [0, 0.1) is 17.8 Å². The van der Waals surface area contributed by atoms with Crippen LogP contribution in [-0.4, -0.2) is 39.1 Å². The Morgan fingerprint density at radius 3 is 2.81 bits per heavy atom. The minimum atomic E-state index is 0.252. The van der Waals surface area contributed by atoms with Crippen molar-refractivity contribution in [2.75, 3.05) is 12.3 Å². The van der Waals surface area contributed by atoms with E-state index in [2.05, 4.69) is 35.6 Å². The number of likely N-dealkylation sites (tertiary alicyclic amines) is 1. The molecule has 138 valence electrons. The minimum absolute atomic E-state index is 0.252. The number of aromatic nitrogens is 2. The highest BCUT2D eigenvalue weighted by atomic mass is 32.2. The van der Waals surface area contributed by atoms with Crippen molar-refractivity contribution in [3.63, 3.8) is 0 Å². The van der Waals surface area contributed by atoms with Gasteiger partial charge in [-0.05, 0) is 43.1 Å². The molecule has 1 aliphatic carbocycles. The molecular formula is C21H27N3OS. The highest BCUT2D eigenvalue weighted by Crippen LogP contribution is 2.52. The van der Waals surface area contributed by atoms with Gasteiger partial charge in [-0.15, -0.1) is 0 Å². The Hall–Kier alpha value is -1.62. The topological polar surface area (TPSA) is 46.1 Å². The summed E-state index contributed by atoms with van der Waals surface area (Å²) >= 11 is 1.55. The Kier molecular flexibility index (Phi) is 4.25. The molecule has 0 spiro atoms. The number of amides is 1. The number of hydrogen-bond acceptors (Lipinski definition) is 4. The first-order valence-electron chi connectivity index (χ1n) is 9.40. The number of aryl methyl sites for hydroxylation is 1. The first-order chi connectivity index (χ1) is 12.2. The molecule has 1 saturated heterocycles. The molecule has 1 amide bonds. The summed E-state index contributed by atoms with van der Waals surface area (Å²) in [6, 6.07) is 8.43.